The van der Waals surface area contributed by atoms with Gasteiger partial charge in [-0.3, -0.25) is 15.6 Å². The first-order valence-corrected chi connectivity index (χ1v) is 9.16. The molecule has 3 rings (SSSR count). The summed E-state index contributed by atoms with van der Waals surface area (Å²) in [6, 6.07) is 16.9. The average Bonchev–Trinajstić information content (AvgIpc) is 3.17. The number of carbonyl (C=O) groups excluding carboxylic acids is 1. The molecule has 0 radical (unpaired) electrons. The second-order valence-corrected chi connectivity index (χ2v) is 6.89. The normalized spacial score (nSPS) is 10.6. The van der Waals surface area contributed by atoms with Gasteiger partial charge in [-0.25, -0.2) is 4.39 Å². The van der Waals surface area contributed by atoms with Crippen LogP contribution in [0.4, 0.5) is 10.1 Å². The molecule has 144 valence electrons. The van der Waals surface area contributed by atoms with Crippen LogP contribution in [0.2, 0.25) is 0 Å². The molecule has 0 atom stereocenters. The number of hydrogen-bond acceptors (Lipinski definition) is 3. The summed E-state index contributed by atoms with van der Waals surface area (Å²) in [5.74, 6) is 0.212. The van der Waals surface area contributed by atoms with Crippen LogP contribution in [0.1, 0.15) is 35.9 Å². The fourth-order valence-electron chi connectivity index (χ4n) is 2.52. The zero-order valence-corrected chi connectivity index (χ0v) is 16.3. The molecule has 1 heterocycles. The lowest BCUT2D eigenvalue weighted by atomic mass is 10.0. The van der Waals surface area contributed by atoms with Gasteiger partial charge in [0.2, 0.25) is 0 Å². The van der Waals surface area contributed by atoms with E-state index in [4.69, 9.17) is 16.6 Å². The summed E-state index contributed by atoms with van der Waals surface area (Å²) in [6.07, 6.45) is 0. The van der Waals surface area contributed by atoms with Gasteiger partial charge < -0.3 is 9.73 Å². The minimum atomic E-state index is -0.479. The fourth-order valence-corrected chi connectivity index (χ4v) is 2.69. The van der Waals surface area contributed by atoms with Crippen LogP contribution in [0, 0.1) is 5.82 Å². The van der Waals surface area contributed by atoms with Gasteiger partial charge in [-0.1, -0.05) is 26.0 Å². The number of hydrogen-bond donors (Lipinski definition) is 3. The van der Waals surface area contributed by atoms with Crippen molar-refractivity contribution in [3.8, 4) is 11.3 Å². The molecule has 0 spiro atoms. The Bertz CT molecular complexity index is 966. The highest BCUT2D eigenvalue weighted by Gasteiger charge is 2.12. The van der Waals surface area contributed by atoms with Gasteiger partial charge in [-0.15, -0.1) is 0 Å². The van der Waals surface area contributed by atoms with Crippen molar-refractivity contribution in [1.82, 2.24) is 10.9 Å². The van der Waals surface area contributed by atoms with E-state index < -0.39 is 5.91 Å². The first-order chi connectivity index (χ1) is 13.4. The molecule has 2 aromatic carbocycles. The number of anilines is 1. The van der Waals surface area contributed by atoms with E-state index in [2.05, 4.69) is 30.0 Å². The number of benzene rings is 2. The van der Waals surface area contributed by atoms with Crippen LogP contribution < -0.4 is 16.2 Å². The van der Waals surface area contributed by atoms with Crippen LogP contribution in [0.5, 0.6) is 0 Å². The predicted octanol–water partition coefficient (Wildman–Crippen LogP) is 4.84. The van der Waals surface area contributed by atoms with Crippen molar-refractivity contribution in [1.29, 1.82) is 0 Å². The fraction of sp³-hybridized carbons (Fsp3) is 0.143. The monoisotopic (exact) mass is 397 g/mol. The lowest BCUT2D eigenvalue weighted by molar-refractivity contribution is 0.0917. The number of thiocarbonyl (C=S) groups is 1. The van der Waals surface area contributed by atoms with Gasteiger partial charge in [0.25, 0.3) is 0 Å². The SMILES string of the molecule is CC(C)c1ccc(NC(=S)NNC(=O)c2ccc(-c3ccc(F)cc3)o2)cc1. The molecule has 0 unspecified atom stereocenters. The first-order valence-electron chi connectivity index (χ1n) is 8.75. The minimum Gasteiger partial charge on any atom is -0.451 e. The molecular formula is C21H20FN3O2S. The van der Waals surface area contributed by atoms with Crippen LogP contribution >= 0.6 is 12.2 Å². The third-order valence-electron chi connectivity index (χ3n) is 4.08. The molecule has 5 nitrogen and oxygen atoms in total. The van der Waals surface area contributed by atoms with E-state index in [1.54, 1.807) is 18.2 Å². The molecule has 0 fully saturated rings. The van der Waals surface area contributed by atoms with E-state index in [0.717, 1.165) is 5.69 Å². The maximum Gasteiger partial charge on any atom is 0.305 e. The summed E-state index contributed by atoms with van der Waals surface area (Å²) in [7, 11) is 0. The summed E-state index contributed by atoms with van der Waals surface area (Å²) in [5.41, 5.74) is 7.83. The number of halogens is 1. The number of rotatable bonds is 4. The van der Waals surface area contributed by atoms with Gasteiger partial charge in [-0.05, 0) is 72.2 Å². The van der Waals surface area contributed by atoms with E-state index in [9.17, 15) is 9.18 Å². The smallest absolute Gasteiger partial charge is 0.305 e. The van der Waals surface area contributed by atoms with Gasteiger partial charge in [0, 0.05) is 11.3 Å². The summed E-state index contributed by atoms with van der Waals surface area (Å²) in [5, 5.41) is 3.24. The number of amides is 1. The predicted molar refractivity (Wildman–Crippen MR) is 111 cm³/mol. The number of hydrazine groups is 1. The van der Waals surface area contributed by atoms with E-state index >= 15 is 0 Å². The number of carbonyl (C=O) groups is 1. The summed E-state index contributed by atoms with van der Waals surface area (Å²) < 4.78 is 18.5. The van der Waals surface area contributed by atoms with E-state index in [0.29, 0.717) is 17.2 Å². The van der Waals surface area contributed by atoms with Crippen LogP contribution in [0.3, 0.4) is 0 Å². The van der Waals surface area contributed by atoms with Crippen molar-refractivity contribution >= 4 is 28.9 Å². The Morgan fingerprint density at radius 3 is 2.29 bits per heavy atom. The molecule has 0 aliphatic rings. The van der Waals surface area contributed by atoms with Gasteiger partial charge in [-0.2, -0.15) is 0 Å². The highest BCUT2D eigenvalue weighted by molar-refractivity contribution is 7.80. The average molecular weight is 397 g/mol. The Kier molecular flexibility index (Phi) is 6.06. The molecule has 0 saturated carbocycles. The van der Waals surface area contributed by atoms with Crippen molar-refractivity contribution in [3.63, 3.8) is 0 Å². The molecule has 7 heteroatoms. The van der Waals surface area contributed by atoms with Gasteiger partial charge in [0.1, 0.15) is 11.6 Å². The second-order valence-electron chi connectivity index (χ2n) is 6.48. The molecule has 1 amide bonds. The summed E-state index contributed by atoms with van der Waals surface area (Å²) >= 11 is 5.18. The summed E-state index contributed by atoms with van der Waals surface area (Å²) in [4.78, 5) is 12.2. The third-order valence-corrected chi connectivity index (χ3v) is 4.29. The van der Waals surface area contributed by atoms with Gasteiger partial charge in [0.15, 0.2) is 10.9 Å². The Labute approximate surface area is 167 Å². The lowest BCUT2D eigenvalue weighted by Gasteiger charge is -2.12. The van der Waals surface area contributed by atoms with Gasteiger partial charge in [0.05, 0.1) is 0 Å². The molecule has 0 bridgehead atoms. The Morgan fingerprint density at radius 2 is 1.64 bits per heavy atom. The van der Waals surface area contributed by atoms with E-state index in [-0.39, 0.29) is 16.7 Å². The minimum absolute atomic E-state index is 0.107. The largest absolute Gasteiger partial charge is 0.451 e. The number of furan rings is 1. The van der Waals surface area contributed by atoms with Crippen LogP contribution in [0.25, 0.3) is 11.3 Å². The number of nitrogens with one attached hydrogen (secondary N) is 3. The maximum atomic E-state index is 13.0. The Hall–Kier alpha value is -3.19. The van der Waals surface area contributed by atoms with Crippen molar-refractivity contribution in [2.24, 2.45) is 0 Å². The zero-order valence-electron chi connectivity index (χ0n) is 15.5. The van der Waals surface area contributed by atoms with Crippen molar-refractivity contribution in [3.05, 3.63) is 77.8 Å². The first kappa shape index (κ1) is 19.6. The van der Waals surface area contributed by atoms with Crippen LogP contribution in [-0.2, 0) is 0 Å². The van der Waals surface area contributed by atoms with E-state index in [1.807, 2.05) is 24.3 Å². The van der Waals surface area contributed by atoms with E-state index in [1.165, 1.54) is 23.8 Å². The molecule has 0 aliphatic carbocycles. The summed E-state index contributed by atoms with van der Waals surface area (Å²) in [6.45, 7) is 4.25. The molecule has 0 saturated heterocycles. The Balaban J connectivity index is 1.53. The van der Waals surface area contributed by atoms with Crippen LogP contribution in [0.15, 0.2) is 65.1 Å². The maximum absolute atomic E-state index is 13.0. The van der Waals surface area contributed by atoms with Crippen molar-refractivity contribution in [2.75, 3.05) is 5.32 Å². The lowest BCUT2D eigenvalue weighted by Crippen LogP contribution is -2.43. The highest BCUT2D eigenvalue weighted by atomic mass is 32.1. The molecule has 28 heavy (non-hydrogen) atoms. The molecule has 3 aromatic rings. The Morgan fingerprint density at radius 1 is 0.964 bits per heavy atom. The standard InChI is InChI=1S/C21H20FN3O2S/c1-13(2)14-5-9-17(10-6-14)23-21(28)25-24-20(26)19-12-11-18(27-19)15-3-7-16(22)8-4-15/h3-13H,1-2H3,(H,24,26)(H2,23,25,28). The molecular weight excluding hydrogens is 377 g/mol. The second kappa shape index (κ2) is 8.67. The third kappa shape index (κ3) is 4.95. The molecule has 0 aliphatic heterocycles. The molecule has 3 N–H and O–H groups in total. The van der Waals surface area contributed by atoms with Crippen LogP contribution in [-0.4, -0.2) is 11.0 Å². The van der Waals surface area contributed by atoms with Gasteiger partial charge >= 0.3 is 5.91 Å². The topological polar surface area (TPSA) is 66.3 Å². The zero-order chi connectivity index (χ0) is 20.1. The highest BCUT2D eigenvalue weighted by Crippen LogP contribution is 2.22. The molecule has 1 aromatic heterocycles. The van der Waals surface area contributed by atoms with Crippen molar-refractivity contribution < 1.29 is 13.6 Å². The quantitative estimate of drug-likeness (QED) is 0.434. The van der Waals surface area contributed by atoms with Crippen molar-refractivity contribution in [2.45, 2.75) is 19.8 Å².